The fourth-order valence-electron chi connectivity index (χ4n) is 6.37. The smallest absolute Gasteiger partial charge is 0.274 e. The van der Waals surface area contributed by atoms with Gasteiger partial charge >= 0.3 is 0 Å². The third-order valence-electron chi connectivity index (χ3n) is 8.56. The highest BCUT2D eigenvalue weighted by Gasteiger charge is 2.34. The van der Waals surface area contributed by atoms with E-state index in [1.54, 1.807) is 7.05 Å². The number of nitro groups is 1. The van der Waals surface area contributed by atoms with Crippen LogP contribution in [0.1, 0.15) is 54.1 Å². The molecule has 1 aromatic heterocycles. The molecule has 2 fully saturated rings. The van der Waals surface area contributed by atoms with Crippen LogP contribution in [0.5, 0.6) is 0 Å². The van der Waals surface area contributed by atoms with E-state index in [0.29, 0.717) is 18.3 Å². The van der Waals surface area contributed by atoms with Crippen molar-refractivity contribution in [3.05, 3.63) is 84.5 Å². The van der Waals surface area contributed by atoms with Gasteiger partial charge in [0.2, 0.25) is 5.91 Å². The zero-order chi connectivity index (χ0) is 28.2. The molecule has 5 rings (SSSR count). The standard InChI is InChI=1S/C29H36BrClN6O3/c1-32-26(18-37(39)40)35-10-6-19(7-11-35)16-34-29(38)20-8-12-36(13-9-20)28-25-5-4-24(31)15-21(25)2-3-22-14-23(30)17-33-27(22)28/h4-5,14-15,17-20,28,32H,2-3,6-13,16H2,1H3,(H,34,38)/b26-18+. The number of halogens is 2. The topological polar surface area (TPSA) is 104 Å². The van der Waals surface area contributed by atoms with E-state index in [0.717, 1.165) is 86.1 Å². The molecule has 0 spiro atoms. The fourth-order valence-corrected chi connectivity index (χ4v) is 6.95. The van der Waals surface area contributed by atoms with E-state index >= 15 is 0 Å². The van der Waals surface area contributed by atoms with Gasteiger partial charge in [0.15, 0.2) is 5.82 Å². The molecular weight excluding hydrogens is 596 g/mol. The van der Waals surface area contributed by atoms with Crippen LogP contribution in [0.25, 0.3) is 0 Å². The molecule has 1 aliphatic carbocycles. The number of fused-ring (bicyclic) bond motifs is 2. The fraction of sp³-hybridized carbons (Fsp3) is 0.517. The molecule has 0 bridgehead atoms. The zero-order valence-corrected chi connectivity index (χ0v) is 25.1. The number of nitrogens with one attached hydrogen (secondary N) is 2. The highest BCUT2D eigenvalue weighted by Crippen LogP contribution is 2.39. The third-order valence-corrected chi connectivity index (χ3v) is 9.23. The van der Waals surface area contributed by atoms with Gasteiger partial charge in [-0.05, 0) is 108 Å². The van der Waals surface area contributed by atoms with Crippen LogP contribution in [0.15, 0.2) is 47.0 Å². The van der Waals surface area contributed by atoms with Crippen molar-refractivity contribution in [2.75, 3.05) is 39.8 Å². The summed E-state index contributed by atoms with van der Waals surface area (Å²) in [6.07, 6.45) is 8.16. The zero-order valence-electron chi connectivity index (χ0n) is 22.7. The van der Waals surface area contributed by atoms with Crippen LogP contribution < -0.4 is 10.6 Å². The van der Waals surface area contributed by atoms with Crippen molar-refractivity contribution in [1.82, 2.24) is 25.4 Å². The second-order valence-corrected chi connectivity index (χ2v) is 12.3. The number of hydrogen-bond acceptors (Lipinski definition) is 7. The first-order chi connectivity index (χ1) is 19.3. The Kier molecular flexibility index (Phi) is 9.27. The molecule has 11 heteroatoms. The predicted octanol–water partition coefficient (Wildman–Crippen LogP) is 4.52. The number of carbonyl (C=O) groups excluding carboxylic acids is 1. The van der Waals surface area contributed by atoms with Gasteiger partial charge in [-0.1, -0.05) is 17.7 Å². The lowest BCUT2D eigenvalue weighted by molar-refractivity contribution is -0.404. The summed E-state index contributed by atoms with van der Waals surface area (Å²) in [6.45, 7) is 3.79. The summed E-state index contributed by atoms with van der Waals surface area (Å²) in [5.74, 6) is 1.05. The van der Waals surface area contributed by atoms with E-state index in [4.69, 9.17) is 16.6 Å². The molecule has 9 nitrogen and oxygen atoms in total. The SMILES string of the molecule is CN/C(=C\[N+](=O)[O-])N1CCC(CNC(=O)C2CCN(C3c4ccc(Cl)cc4CCc4cc(Br)cnc43)CC2)CC1. The Bertz CT molecular complexity index is 1220. The minimum absolute atomic E-state index is 0.00284. The maximum Gasteiger partial charge on any atom is 0.274 e. The number of rotatable bonds is 7. The lowest BCUT2D eigenvalue weighted by Crippen LogP contribution is -2.44. The summed E-state index contributed by atoms with van der Waals surface area (Å²) in [5, 5.41) is 17.8. The van der Waals surface area contributed by atoms with Crippen LogP contribution in [0.2, 0.25) is 5.02 Å². The number of hydrogen-bond donors (Lipinski definition) is 2. The van der Waals surface area contributed by atoms with E-state index in [-0.39, 0.29) is 17.9 Å². The van der Waals surface area contributed by atoms with Crippen molar-refractivity contribution >= 4 is 33.4 Å². The van der Waals surface area contributed by atoms with Crippen LogP contribution >= 0.6 is 27.5 Å². The van der Waals surface area contributed by atoms with Crippen molar-refractivity contribution in [1.29, 1.82) is 0 Å². The molecule has 2 aromatic rings. The van der Waals surface area contributed by atoms with Gasteiger partial charge in [-0.2, -0.15) is 0 Å². The van der Waals surface area contributed by atoms with Crippen LogP contribution in [0.4, 0.5) is 0 Å². The molecule has 214 valence electrons. The minimum Gasteiger partial charge on any atom is -0.370 e. The lowest BCUT2D eigenvalue weighted by Gasteiger charge is -2.38. The van der Waals surface area contributed by atoms with Gasteiger partial charge in [0.25, 0.3) is 6.20 Å². The van der Waals surface area contributed by atoms with Gasteiger partial charge in [0.1, 0.15) is 0 Å². The van der Waals surface area contributed by atoms with E-state index in [1.165, 1.54) is 16.7 Å². The summed E-state index contributed by atoms with van der Waals surface area (Å²) in [5.41, 5.74) is 4.90. The Morgan fingerprint density at radius 2 is 1.88 bits per heavy atom. The minimum atomic E-state index is -0.429. The molecule has 2 saturated heterocycles. The van der Waals surface area contributed by atoms with Crippen molar-refractivity contribution in [2.45, 2.75) is 44.6 Å². The van der Waals surface area contributed by atoms with Crippen molar-refractivity contribution in [2.24, 2.45) is 11.8 Å². The first-order valence-electron chi connectivity index (χ1n) is 14.0. The van der Waals surface area contributed by atoms with E-state index in [1.807, 2.05) is 17.2 Å². The average molecular weight is 632 g/mol. The molecule has 0 saturated carbocycles. The second-order valence-electron chi connectivity index (χ2n) is 11.0. The molecule has 3 aliphatic rings. The quantitative estimate of drug-likeness (QED) is 0.342. The van der Waals surface area contributed by atoms with Gasteiger partial charge in [-0.25, -0.2) is 0 Å². The molecular formula is C29H36BrClN6O3. The molecule has 1 atom stereocenters. The largest absolute Gasteiger partial charge is 0.370 e. The molecule has 1 amide bonds. The van der Waals surface area contributed by atoms with Crippen molar-refractivity contribution in [3.63, 3.8) is 0 Å². The first kappa shape index (κ1) is 28.8. The van der Waals surface area contributed by atoms with Gasteiger partial charge < -0.3 is 15.5 Å². The highest BCUT2D eigenvalue weighted by atomic mass is 79.9. The van der Waals surface area contributed by atoms with Crippen LogP contribution in [-0.4, -0.2) is 65.4 Å². The third kappa shape index (κ3) is 6.61. The van der Waals surface area contributed by atoms with Crippen molar-refractivity contribution in [3.8, 4) is 0 Å². The molecule has 1 aromatic carbocycles. The molecule has 0 radical (unpaired) electrons. The Balaban J connectivity index is 1.17. The van der Waals surface area contributed by atoms with Crippen LogP contribution in [0.3, 0.4) is 0 Å². The molecule has 3 heterocycles. The molecule has 40 heavy (non-hydrogen) atoms. The summed E-state index contributed by atoms with van der Waals surface area (Å²) >= 11 is 9.97. The van der Waals surface area contributed by atoms with Crippen LogP contribution in [0, 0.1) is 22.0 Å². The number of benzene rings is 1. The number of aryl methyl sites for hydroxylation is 2. The number of nitrogens with zero attached hydrogens (tertiary/aromatic N) is 4. The Hall–Kier alpha value is -2.69. The Morgan fingerprint density at radius 3 is 2.58 bits per heavy atom. The number of amides is 1. The van der Waals surface area contributed by atoms with Gasteiger partial charge in [0.05, 0.1) is 16.7 Å². The number of carbonyl (C=O) groups is 1. The van der Waals surface area contributed by atoms with Crippen LogP contribution in [-0.2, 0) is 17.6 Å². The summed E-state index contributed by atoms with van der Waals surface area (Å²) in [7, 11) is 1.70. The monoisotopic (exact) mass is 630 g/mol. The molecule has 2 aliphatic heterocycles. The number of aromatic nitrogens is 1. The normalized spacial score (nSPS) is 20.8. The maximum absolute atomic E-state index is 13.1. The van der Waals surface area contributed by atoms with E-state index in [2.05, 4.69) is 49.7 Å². The lowest BCUT2D eigenvalue weighted by atomic mass is 9.90. The van der Waals surface area contributed by atoms with Gasteiger partial charge in [-0.15, -0.1) is 0 Å². The number of pyridine rings is 1. The maximum atomic E-state index is 13.1. The first-order valence-corrected chi connectivity index (χ1v) is 15.2. The average Bonchev–Trinajstić information content (AvgIpc) is 3.11. The Labute approximate surface area is 248 Å². The second kappa shape index (κ2) is 12.9. The highest BCUT2D eigenvalue weighted by molar-refractivity contribution is 9.10. The summed E-state index contributed by atoms with van der Waals surface area (Å²) in [4.78, 5) is 32.9. The summed E-state index contributed by atoms with van der Waals surface area (Å²) < 4.78 is 0.991. The summed E-state index contributed by atoms with van der Waals surface area (Å²) in [6, 6.07) is 8.45. The Morgan fingerprint density at radius 1 is 1.15 bits per heavy atom. The van der Waals surface area contributed by atoms with Crippen molar-refractivity contribution < 1.29 is 9.72 Å². The predicted molar refractivity (Wildman–Crippen MR) is 158 cm³/mol. The van der Waals surface area contributed by atoms with E-state index < -0.39 is 4.92 Å². The van der Waals surface area contributed by atoms with E-state index in [9.17, 15) is 14.9 Å². The number of piperidine rings is 2. The molecule has 1 unspecified atom stereocenters. The van der Waals surface area contributed by atoms with Gasteiger partial charge in [-0.3, -0.25) is 24.8 Å². The molecule has 2 N–H and O–H groups in total. The number of likely N-dealkylation sites (tertiary alicyclic amines) is 2. The van der Waals surface area contributed by atoms with Gasteiger partial charge in [0, 0.05) is 48.3 Å².